The number of hydrogen-bond donors (Lipinski definition) is 1. The van der Waals surface area contributed by atoms with Gasteiger partial charge in [0, 0.05) is 26.7 Å². The third kappa shape index (κ3) is 4.13. The maximum absolute atomic E-state index is 12.6. The van der Waals surface area contributed by atoms with Crippen LogP contribution in [0.1, 0.15) is 15.9 Å². The van der Waals surface area contributed by atoms with Crippen LogP contribution in [0.5, 0.6) is 17.2 Å². The van der Waals surface area contributed by atoms with Crippen LogP contribution in [-0.2, 0) is 11.2 Å². The molecule has 1 aromatic rings. The summed E-state index contributed by atoms with van der Waals surface area (Å²) in [6.45, 7) is 1.80. The molecule has 0 aromatic heterocycles. The molecule has 1 N–H and O–H groups in total. The van der Waals surface area contributed by atoms with Gasteiger partial charge in [0.1, 0.15) is 0 Å². The zero-order chi connectivity index (χ0) is 18.0. The van der Waals surface area contributed by atoms with Crippen LogP contribution in [0.2, 0.25) is 0 Å². The summed E-state index contributed by atoms with van der Waals surface area (Å²) in [5.74, 6) is 0.859. The van der Waals surface area contributed by atoms with Crippen molar-refractivity contribution in [1.29, 1.82) is 0 Å². The molecule has 0 unspecified atom stereocenters. The van der Waals surface area contributed by atoms with E-state index in [1.165, 1.54) is 0 Å². The quantitative estimate of drug-likeness (QED) is 0.769. The number of ether oxygens (including phenoxy) is 3. The van der Waals surface area contributed by atoms with E-state index in [-0.39, 0.29) is 37.6 Å². The first-order valence-electron chi connectivity index (χ1n) is 8.22. The number of likely N-dealkylation sites (N-methyl/N-ethyl adjacent to an activating group) is 2. The van der Waals surface area contributed by atoms with E-state index < -0.39 is 0 Å². The van der Waals surface area contributed by atoms with Crippen molar-refractivity contribution in [2.24, 2.45) is 0 Å². The fraction of sp³-hybridized carbons (Fsp3) is 0.529. The summed E-state index contributed by atoms with van der Waals surface area (Å²) in [6, 6.07) is 1.83. The van der Waals surface area contributed by atoms with Crippen LogP contribution in [0.25, 0.3) is 0 Å². The molecular formula is C17H24ClN3O5. The van der Waals surface area contributed by atoms with Crippen molar-refractivity contribution >= 4 is 24.2 Å². The molecule has 0 aliphatic carbocycles. The highest BCUT2D eigenvalue weighted by atomic mass is 35.5. The Labute approximate surface area is 158 Å². The number of carbonyl (C=O) groups is 2. The largest absolute Gasteiger partial charge is 0.479 e. The van der Waals surface area contributed by atoms with Gasteiger partial charge in [-0.1, -0.05) is 0 Å². The first kappa shape index (κ1) is 20.1. The Bertz CT molecular complexity index is 695. The minimum atomic E-state index is -0.247. The van der Waals surface area contributed by atoms with Gasteiger partial charge in [0.2, 0.25) is 12.5 Å². The average Bonchev–Trinajstić information content (AvgIpc) is 3.03. The van der Waals surface area contributed by atoms with E-state index in [1.807, 2.05) is 25.1 Å². The molecule has 9 heteroatoms. The van der Waals surface area contributed by atoms with Crippen LogP contribution in [0.15, 0.2) is 6.07 Å². The van der Waals surface area contributed by atoms with Crippen LogP contribution in [0, 0.1) is 0 Å². The molecule has 2 amide bonds. The summed E-state index contributed by atoms with van der Waals surface area (Å²) in [5.41, 5.74) is 1.31. The Balaban J connectivity index is 0.00000243. The number of hydrogen-bond acceptors (Lipinski definition) is 6. The van der Waals surface area contributed by atoms with Crippen LogP contribution >= 0.6 is 12.4 Å². The van der Waals surface area contributed by atoms with Crippen molar-refractivity contribution in [2.45, 2.75) is 6.42 Å². The predicted octanol–water partition coefficient (Wildman–Crippen LogP) is 0.522. The topological polar surface area (TPSA) is 80.3 Å². The number of amides is 2. The third-order valence-corrected chi connectivity index (χ3v) is 4.21. The smallest absolute Gasteiger partial charge is 0.257 e. The molecular weight excluding hydrogens is 362 g/mol. The number of fused-ring (bicyclic) bond motifs is 2. The second-order valence-electron chi connectivity index (χ2n) is 6.39. The zero-order valence-electron chi connectivity index (χ0n) is 15.2. The number of rotatable bonds is 6. The lowest BCUT2D eigenvalue weighted by Gasteiger charge is -2.27. The van der Waals surface area contributed by atoms with E-state index in [0.717, 1.165) is 12.1 Å². The molecule has 2 aliphatic rings. The van der Waals surface area contributed by atoms with Gasteiger partial charge in [-0.25, -0.2) is 0 Å². The molecule has 2 aliphatic heterocycles. The predicted molar refractivity (Wildman–Crippen MR) is 97.5 cm³/mol. The van der Waals surface area contributed by atoms with E-state index in [4.69, 9.17) is 14.2 Å². The molecule has 3 rings (SSSR count). The third-order valence-electron chi connectivity index (χ3n) is 4.21. The molecule has 2 heterocycles. The maximum atomic E-state index is 12.6. The number of carbonyl (C=O) groups excluding carboxylic acids is 2. The minimum absolute atomic E-state index is 0. The lowest BCUT2D eigenvalue weighted by atomic mass is 9.97. The van der Waals surface area contributed by atoms with E-state index >= 15 is 0 Å². The number of nitrogens with one attached hydrogen (secondary N) is 1. The summed E-state index contributed by atoms with van der Waals surface area (Å²) in [7, 11) is 5.61. The lowest BCUT2D eigenvalue weighted by molar-refractivity contribution is -0.123. The number of nitrogens with zero attached hydrogens (tertiary/aromatic N) is 2. The van der Waals surface area contributed by atoms with Gasteiger partial charge >= 0.3 is 0 Å². The van der Waals surface area contributed by atoms with Gasteiger partial charge < -0.3 is 29.3 Å². The molecule has 0 saturated heterocycles. The van der Waals surface area contributed by atoms with Gasteiger partial charge in [-0.05, 0) is 32.1 Å². The van der Waals surface area contributed by atoms with Crippen LogP contribution in [-0.4, -0.2) is 75.8 Å². The van der Waals surface area contributed by atoms with Crippen molar-refractivity contribution in [1.82, 2.24) is 15.1 Å². The molecule has 0 fully saturated rings. The fourth-order valence-corrected chi connectivity index (χ4v) is 2.82. The Hall–Kier alpha value is -2.19. The molecule has 144 valence electrons. The van der Waals surface area contributed by atoms with Crippen LogP contribution < -0.4 is 19.5 Å². The monoisotopic (exact) mass is 385 g/mol. The molecule has 8 nitrogen and oxygen atoms in total. The zero-order valence-corrected chi connectivity index (χ0v) is 16.0. The lowest BCUT2D eigenvalue weighted by Crippen LogP contribution is -2.36. The summed E-state index contributed by atoms with van der Waals surface area (Å²) < 4.78 is 16.6. The minimum Gasteiger partial charge on any atom is -0.479 e. The van der Waals surface area contributed by atoms with Gasteiger partial charge in [0.05, 0.1) is 5.56 Å². The van der Waals surface area contributed by atoms with Gasteiger partial charge in [0.25, 0.3) is 11.8 Å². The second kappa shape index (κ2) is 8.46. The van der Waals surface area contributed by atoms with Crippen molar-refractivity contribution in [3.63, 3.8) is 0 Å². The van der Waals surface area contributed by atoms with Gasteiger partial charge in [-0.15, -0.1) is 12.4 Å². The molecule has 0 spiro atoms. The van der Waals surface area contributed by atoms with E-state index in [9.17, 15) is 9.59 Å². The maximum Gasteiger partial charge on any atom is 0.257 e. The van der Waals surface area contributed by atoms with Crippen molar-refractivity contribution in [3.05, 3.63) is 17.2 Å². The van der Waals surface area contributed by atoms with E-state index in [0.29, 0.717) is 42.3 Å². The van der Waals surface area contributed by atoms with Crippen LogP contribution in [0.4, 0.5) is 0 Å². The van der Waals surface area contributed by atoms with Crippen molar-refractivity contribution < 1.29 is 23.8 Å². The summed E-state index contributed by atoms with van der Waals surface area (Å²) in [5, 5.41) is 2.78. The Morgan fingerprint density at radius 1 is 1.38 bits per heavy atom. The normalized spacial score (nSPS) is 14.8. The Kier molecular flexibility index (Phi) is 6.55. The van der Waals surface area contributed by atoms with Gasteiger partial charge in [0.15, 0.2) is 18.1 Å². The molecule has 0 radical (unpaired) electrons. The number of halogens is 1. The average molecular weight is 386 g/mol. The van der Waals surface area contributed by atoms with Crippen molar-refractivity contribution in [3.8, 4) is 17.2 Å². The summed E-state index contributed by atoms with van der Waals surface area (Å²) in [4.78, 5) is 28.2. The Morgan fingerprint density at radius 3 is 2.88 bits per heavy atom. The highest BCUT2D eigenvalue weighted by Crippen LogP contribution is 2.46. The van der Waals surface area contributed by atoms with E-state index in [2.05, 4.69) is 5.32 Å². The van der Waals surface area contributed by atoms with Crippen LogP contribution in [0.3, 0.4) is 0 Å². The molecule has 1 aromatic carbocycles. The molecule has 26 heavy (non-hydrogen) atoms. The summed E-state index contributed by atoms with van der Waals surface area (Å²) in [6.07, 6.45) is 0.708. The van der Waals surface area contributed by atoms with Crippen molar-refractivity contribution in [2.75, 3.05) is 54.2 Å². The summed E-state index contributed by atoms with van der Waals surface area (Å²) >= 11 is 0. The SMILES string of the molecule is CN(C)CCNC(=O)COc1c2c(cc3c1C(=O)N(C)CC3)OCO2.Cl. The highest BCUT2D eigenvalue weighted by molar-refractivity contribution is 6.01. The van der Waals surface area contributed by atoms with Gasteiger partial charge in [-0.2, -0.15) is 0 Å². The Morgan fingerprint density at radius 2 is 2.15 bits per heavy atom. The highest BCUT2D eigenvalue weighted by Gasteiger charge is 2.33. The molecule has 0 bridgehead atoms. The first-order chi connectivity index (χ1) is 12.0. The van der Waals surface area contributed by atoms with E-state index in [1.54, 1.807) is 11.9 Å². The standard InChI is InChI=1S/C17H23N3O5.ClH/c1-19(2)7-5-18-13(21)9-23-16-14-11(4-6-20(3)17(14)22)8-12-15(16)25-10-24-12;/h8H,4-7,9-10H2,1-3H3,(H,18,21);1H. The molecule has 0 saturated carbocycles. The molecule has 0 atom stereocenters. The fourth-order valence-electron chi connectivity index (χ4n) is 2.82. The second-order valence-corrected chi connectivity index (χ2v) is 6.39. The van der Waals surface area contributed by atoms with Gasteiger partial charge in [-0.3, -0.25) is 9.59 Å². The first-order valence-corrected chi connectivity index (χ1v) is 8.22. The number of benzene rings is 1.